The molecule has 0 unspecified atom stereocenters. The van der Waals surface area contributed by atoms with Crippen molar-refractivity contribution >= 4 is 38.5 Å². The molecule has 0 nitrogen and oxygen atoms in total. The molecule has 1 atom stereocenters. The van der Waals surface area contributed by atoms with Crippen LogP contribution >= 0.6 is 23.6 Å². The smallest absolute Gasteiger partial charge is 0.0345 e. The summed E-state index contributed by atoms with van der Waals surface area (Å²) in [5, 5.41) is 3.73. The summed E-state index contributed by atoms with van der Waals surface area (Å²) >= 11 is 7.44. The minimum Gasteiger partial charge on any atom is -0.144 e. The van der Waals surface area contributed by atoms with E-state index in [0.717, 1.165) is 17.7 Å². The first-order valence-corrected chi connectivity index (χ1v) is 9.06. The molecule has 0 saturated heterocycles. The summed E-state index contributed by atoms with van der Waals surface area (Å²) < 4.78 is 1.39. The van der Waals surface area contributed by atoms with Gasteiger partial charge in [0.25, 0.3) is 0 Å². The summed E-state index contributed by atoms with van der Waals surface area (Å²) in [6.45, 7) is 2.31. The van der Waals surface area contributed by atoms with E-state index in [1.54, 1.807) is 0 Å². The van der Waals surface area contributed by atoms with Crippen molar-refractivity contribution in [1.82, 2.24) is 0 Å². The summed E-state index contributed by atoms with van der Waals surface area (Å²) in [5.74, 6) is 0.617. The zero-order valence-electron chi connectivity index (χ0n) is 12.8. The number of thiophene rings is 1. The molecular weight excluding hydrogens is 304 g/mol. The first-order valence-electron chi connectivity index (χ1n) is 7.77. The molecule has 0 spiro atoms. The Bertz CT molecular complexity index is 755. The van der Waals surface area contributed by atoms with Gasteiger partial charge in [0.1, 0.15) is 0 Å². The number of hydrogen-bond donors (Lipinski definition) is 0. The van der Waals surface area contributed by atoms with Gasteiger partial charge in [0.05, 0.1) is 0 Å². The fourth-order valence-electron chi connectivity index (χ4n) is 2.79. The minimum atomic E-state index is 0.617. The van der Waals surface area contributed by atoms with E-state index in [0.29, 0.717) is 5.92 Å². The Kier molecular flexibility index (Phi) is 5.01. The molecular formula is C20H20S2. The van der Waals surface area contributed by atoms with Gasteiger partial charge in [-0.2, -0.15) is 0 Å². The van der Waals surface area contributed by atoms with Gasteiger partial charge in [0, 0.05) is 9.56 Å². The fraction of sp³-hybridized carbons (Fsp3) is 0.250. The van der Waals surface area contributed by atoms with Crippen LogP contribution < -0.4 is 0 Å². The lowest BCUT2D eigenvalue weighted by atomic mass is 9.94. The molecule has 3 rings (SSSR count). The molecule has 112 valence electrons. The molecule has 0 fully saturated rings. The van der Waals surface area contributed by atoms with Crippen LogP contribution in [0.2, 0.25) is 0 Å². The predicted octanol–water partition coefficient (Wildman–Crippen LogP) is 6.28. The highest BCUT2D eigenvalue weighted by molar-refractivity contribution is 7.80. The van der Waals surface area contributed by atoms with Gasteiger partial charge in [-0.1, -0.05) is 67.7 Å². The van der Waals surface area contributed by atoms with E-state index in [4.69, 9.17) is 12.2 Å². The number of hydrogen-bond acceptors (Lipinski definition) is 2. The zero-order chi connectivity index (χ0) is 15.4. The van der Waals surface area contributed by atoms with Crippen LogP contribution in [0.5, 0.6) is 0 Å². The van der Waals surface area contributed by atoms with Crippen LogP contribution in [0.1, 0.15) is 30.9 Å². The quantitative estimate of drug-likeness (QED) is 0.380. The summed E-state index contributed by atoms with van der Waals surface area (Å²) in [6, 6.07) is 19.1. The van der Waals surface area contributed by atoms with Crippen molar-refractivity contribution in [1.29, 1.82) is 0 Å². The van der Waals surface area contributed by atoms with Crippen molar-refractivity contribution in [2.45, 2.75) is 26.2 Å². The lowest BCUT2D eigenvalue weighted by Gasteiger charge is -2.12. The number of benzene rings is 2. The highest BCUT2D eigenvalue weighted by Crippen LogP contribution is 2.28. The summed E-state index contributed by atoms with van der Waals surface area (Å²) in [4.78, 5) is 1.09. The van der Waals surface area contributed by atoms with Gasteiger partial charge in [-0.05, 0) is 53.1 Å². The van der Waals surface area contributed by atoms with Gasteiger partial charge < -0.3 is 0 Å². The second kappa shape index (κ2) is 7.17. The first kappa shape index (κ1) is 15.4. The third-order valence-corrected chi connectivity index (χ3v) is 5.51. The molecule has 0 saturated carbocycles. The van der Waals surface area contributed by atoms with E-state index in [9.17, 15) is 0 Å². The maximum atomic E-state index is 5.59. The number of thiocarbonyl (C=S) groups is 1. The third-order valence-electron chi connectivity index (χ3n) is 4.10. The molecule has 1 heterocycles. The molecule has 0 aliphatic carbocycles. The number of fused-ring (bicyclic) bond motifs is 1. The van der Waals surface area contributed by atoms with E-state index in [2.05, 4.69) is 60.8 Å². The van der Waals surface area contributed by atoms with Crippen molar-refractivity contribution in [2.24, 2.45) is 5.92 Å². The molecule has 0 bridgehead atoms. The molecule has 22 heavy (non-hydrogen) atoms. The predicted molar refractivity (Wildman–Crippen MR) is 102 cm³/mol. The molecule has 2 aromatic carbocycles. The monoisotopic (exact) mass is 324 g/mol. The van der Waals surface area contributed by atoms with Crippen molar-refractivity contribution in [3.8, 4) is 0 Å². The Balaban J connectivity index is 1.58. The topological polar surface area (TPSA) is 0 Å². The molecule has 3 aromatic rings. The second-order valence-corrected chi connectivity index (χ2v) is 7.30. The van der Waals surface area contributed by atoms with Crippen LogP contribution in [0, 0.1) is 5.92 Å². The highest BCUT2D eigenvalue weighted by Gasteiger charge is 2.10. The molecule has 0 N–H and O–H groups in total. The van der Waals surface area contributed by atoms with Crippen molar-refractivity contribution in [3.05, 3.63) is 71.1 Å². The van der Waals surface area contributed by atoms with Gasteiger partial charge in [0.2, 0.25) is 0 Å². The lowest BCUT2D eigenvalue weighted by Crippen LogP contribution is -2.06. The Morgan fingerprint density at radius 2 is 1.77 bits per heavy atom. The van der Waals surface area contributed by atoms with Crippen LogP contribution in [0.3, 0.4) is 0 Å². The van der Waals surface area contributed by atoms with Gasteiger partial charge in [-0.15, -0.1) is 11.3 Å². The Morgan fingerprint density at radius 3 is 2.59 bits per heavy atom. The average molecular weight is 325 g/mol. The summed E-state index contributed by atoms with van der Waals surface area (Å²) in [6.07, 6.45) is 3.33. The first-order chi connectivity index (χ1) is 10.7. The molecule has 2 heteroatoms. The van der Waals surface area contributed by atoms with E-state index < -0.39 is 0 Å². The van der Waals surface area contributed by atoms with Crippen molar-refractivity contribution in [3.63, 3.8) is 0 Å². The molecule has 1 aromatic heterocycles. The van der Waals surface area contributed by atoms with Gasteiger partial charge in [-0.3, -0.25) is 0 Å². The van der Waals surface area contributed by atoms with Crippen molar-refractivity contribution in [2.75, 3.05) is 0 Å². The fourth-order valence-corrected chi connectivity index (χ4v) is 4.21. The largest absolute Gasteiger partial charge is 0.144 e. The second-order valence-electron chi connectivity index (χ2n) is 5.89. The van der Waals surface area contributed by atoms with Crippen LogP contribution in [-0.4, -0.2) is 4.86 Å². The van der Waals surface area contributed by atoms with Gasteiger partial charge in [0.15, 0.2) is 0 Å². The minimum absolute atomic E-state index is 0.617. The molecule has 0 aliphatic heterocycles. The highest BCUT2D eigenvalue weighted by atomic mass is 32.1. The van der Waals surface area contributed by atoms with E-state index in [1.165, 1.54) is 27.6 Å². The number of rotatable bonds is 6. The Labute approximate surface area is 141 Å². The zero-order valence-corrected chi connectivity index (χ0v) is 14.4. The maximum Gasteiger partial charge on any atom is 0.0345 e. The van der Waals surface area contributed by atoms with Crippen LogP contribution in [0.4, 0.5) is 0 Å². The van der Waals surface area contributed by atoms with Gasteiger partial charge >= 0.3 is 0 Å². The number of aryl methyl sites for hydroxylation is 1. The summed E-state index contributed by atoms with van der Waals surface area (Å²) in [5.41, 5.74) is 2.68. The van der Waals surface area contributed by atoms with E-state index >= 15 is 0 Å². The molecule has 0 aliphatic rings. The van der Waals surface area contributed by atoms with Crippen LogP contribution in [0.15, 0.2) is 60.0 Å². The summed E-state index contributed by atoms with van der Waals surface area (Å²) in [7, 11) is 0. The Hall–Kier alpha value is -1.51. The SMILES string of the molecule is C[C@@H](CCc1csc2ccccc12)CC(=S)c1ccccc1. The molecule has 0 amide bonds. The normalized spacial score (nSPS) is 12.4. The average Bonchev–Trinajstić information content (AvgIpc) is 2.97. The standard InChI is InChI=1S/C20H20S2/c1-15(13-19(21)16-7-3-2-4-8-16)11-12-17-14-22-20-10-6-5-9-18(17)20/h2-10,14-15H,11-13H2,1H3/t15-/m0/s1. The van der Waals surface area contributed by atoms with Crippen LogP contribution in [-0.2, 0) is 6.42 Å². The van der Waals surface area contributed by atoms with Crippen molar-refractivity contribution < 1.29 is 0 Å². The van der Waals surface area contributed by atoms with Gasteiger partial charge in [-0.25, -0.2) is 0 Å². The lowest BCUT2D eigenvalue weighted by molar-refractivity contribution is 0.557. The van der Waals surface area contributed by atoms with E-state index in [-0.39, 0.29) is 0 Å². The third kappa shape index (κ3) is 3.63. The maximum absolute atomic E-state index is 5.59. The Morgan fingerprint density at radius 1 is 1.05 bits per heavy atom. The van der Waals surface area contributed by atoms with E-state index in [1.807, 2.05) is 17.4 Å². The molecule has 0 radical (unpaired) electrons. The van der Waals surface area contributed by atoms with Crippen LogP contribution in [0.25, 0.3) is 10.1 Å².